The van der Waals surface area contributed by atoms with E-state index in [1.54, 1.807) is 0 Å². The van der Waals surface area contributed by atoms with Crippen LogP contribution in [0.15, 0.2) is 36.5 Å². The number of pyridine rings is 1. The van der Waals surface area contributed by atoms with Gasteiger partial charge in [-0.05, 0) is 31.0 Å². The number of alkyl halides is 1. The highest BCUT2D eigenvalue weighted by Gasteiger charge is 2.28. The third kappa shape index (κ3) is 4.19. The van der Waals surface area contributed by atoms with Gasteiger partial charge in [-0.15, -0.1) is 0 Å². The molecule has 1 aromatic carbocycles. The Hall–Kier alpha value is -1.09. The maximum Gasteiger partial charge on any atom is 0.121 e. The standard InChI is InChI=1S/C18H24BrNO/c1-3-9-18(13-19,10-4-2)14-21-16-8-7-15-6-5-11-20-17(15)12-16/h5-8,11-12H,3-4,9-10,13-14H2,1-2H3. The lowest BCUT2D eigenvalue weighted by Crippen LogP contribution is -2.30. The van der Waals surface area contributed by atoms with Crippen LogP contribution < -0.4 is 4.74 Å². The van der Waals surface area contributed by atoms with Gasteiger partial charge in [-0.1, -0.05) is 48.7 Å². The van der Waals surface area contributed by atoms with E-state index in [4.69, 9.17) is 4.74 Å². The molecule has 0 unspecified atom stereocenters. The second-order valence-electron chi connectivity index (χ2n) is 5.78. The maximum atomic E-state index is 6.11. The minimum absolute atomic E-state index is 0.239. The van der Waals surface area contributed by atoms with Crippen LogP contribution in [0.2, 0.25) is 0 Å². The van der Waals surface area contributed by atoms with E-state index in [0.717, 1.165) is 28.6 Å². The molecule has 0 atom stereocenters. The molecule has 2 rings (SSSR count). The fraction of sp³-hybridized carbons (Fsp3) is 0.500. The van der Waals surface area contributed by atoms with Gasteiger partial charge in [0.25, 0.3) is 0 Å². The summed E-state index contributed by atoms with van der Waals surface area (Å²) in [6.45, 7) is 5.25. The molecule has 0 bridgehead atoms. The molecule has 0 N–H and O–H groups in total. The lowest BCUT2D eigenvalue weighted by molar-refractivity contribution is 0.144. The Kier molecular flexibility index (Phi) is 6.04. The van der Waals surface area contributed by atoms with Crippen molar-refractivity contribution >= 4 is 26.8 Å². The van der Waals surface area contributed by atoms with E-state index < -0.39 is 0 Å². The number of aromatic nitrogens is 1. The molecule has 0 aliphatic heterocycles. The minimum Gasteiger partial charge on any atom is -0.493 e. The molecule has 0 aliphatic carbocycles. The molecule has 1 heterocycles. The van der Waals surface area contributed by atoms with Gasteiger partial charge >= 0.3 is 0 Å². The Morgan fingerprint density at radius 3 is 2.57 bits per heavy atom. The van der Waals surface area contributed by atoms with Gasteiger partial charge < -0.3 is 4.74 Å². The molecule has 0 radical (unpaired) electrons. The quantitative estimate of drug-likeness (QED) is 0.579. The highest BCUT2D eigenvalue weighted by Crippen LogP contribution is 2.33. The number of rotatable bonds is 8. The van der Waals surface area contributed by atoms with Gasteiger partial charge in [-0.25, -0.2) is 0 Å². The predicted molar refractivity (Wildman–Crippen MR) is 93.3 cm³/mol. The van der Waals surface area contributed by atoms with Gasteiger partial charge in [0.2, 0.25) is 0 Å². The van der Waals surface area contributed by atoms with Gasteiger partial charge in [0.15, 0.2) is 0 Å². The van der Waals surface area contributed by atoms with Crippen LogP contribution in [0.25, 0.3) is 10.9 Å². The number of nitrogens with zero attached hydrogens (tertiary/aromatic N) is 1. The zero-order valence-electron chi connectivity index (χ0n) is 12.9. The van der Waals surface area contributed by atoms with Crippen LogP contribution in [-0.2, 0) is 0 Å². The second-order valence-corrected chi connectivity index (χ2v) is 6.34. The van der Waals surface area contributed by atoms with E-state index in [0.29, 0.717) is 0 Å². The highest BCUT2D eigenvalue weighted by molar-refractivity contribution is 9.09. The molecule has 2 aromatic rings. The third-order valence-corrected chi connectivity index (χ3v) is 5.16. The minimum atomic E-state index is 0.239. The number of halogens is 1. The van der Waals surface area contributed by atoms with Gasteiger partial charge in [0.1, 0.15) is 5.75 Å². The SMILES string of the molecule is CCCC(CBr)(CCC)COc1ccc2cccnc2c1. The largest absolute Gasteiger partial charge is 0.493 e. The Bertz CT molecular complexity index is 564. The first kappa shape index (κ1) is 16.3. The fourth-order valence-corrected chi connectivity index (χ4v) is 3.60. The average molecular weight is 350 g/mol. The zero-order valence-corrected chi connectivity index (χ0v) is 14.5. The summed E-state index contributed by atoms with van der Waals surface area (Å²) in [6.07, 6.45) is 6.58. The van der Waals surface area contributed by atoms with E-state index in [9.17, 15) is 0 Å². The smallest absolute Gasteiger partial charge is 0.121 e. The predicted octanol–water partition coefficient (Wildman–Crippen LogP) is 5.60. The summed E-state index contributed by atoms with van der Waals surface area (Å²) in [6, 6.07) is 10.2. The highest BCUT2D eigenvalue weighted by atomic mass is 79.9. The van der Waals surface area contributed by atoms with Crippen molar-refractivity contribution < 1.29 is 4.74 Å². The molecule has 114 valence electrons. The van der Waals surface area contributed by atoms with E-state index in [-0.39, 0.29) is 5.41 Å². The van der Waals surface area contributed by atoms with Crippen molar-refractivity contribution in [2.45, 2.75) is 39.5 Å². The molecular formula is C18H24BrNO. The van der Waals surface area contributed by atoms with Crippen LogP contribution in [0.4, 0.5) is 0 Å². The summed E-state index contributed by atoms with van der Waals surface area (Å²) in [4.78, 5) is 4.39. The number of ether oxygens (including phenoxy) is 1. The fourth-order valence-electron chi connectivity index (χ4n) is 2.87. The molecule has 3 heteroatoms. The van der Waals surface area contributed by atoms with Crippen LogP contribution in [-0.4, -0.2) is 16.9 Å². The number of hydrogen-bond acceptors (Lipinski definition) is 2. The van der Waals surface area contributed by atoms with E-state index in [1.165, 1.54) is 25.7 Å². The second kappa shape index (κ2) is 7.79. The molecule has 0 amide bonds. The van der Waals surface area contributed by atoms with Gasteiger partial charge in [0, 0.05) is 28.4 Å². The molecular weight excluding hydrogens is 326 g/mol. The first-order valence-corrected chi connectivity index (χ1v) is 8.89. The van der Waals surface area contributed by atoms with Crippen molar-refractivity contribution in [2.75, 3.05) is 11.9 Å². The van der Waals surface area contributed by atoms with Crippen LogP contribution in [0, 0.1) is 5.41 Å². The first-order chi connectivity index (χ1) is 10.2. The monoisotopic (exact) mass is 349 g/mol. The molecule has 21 heavy (non-hydrogen) atoms. The van der Waals surface area contributed by atoms with Crippen molar-refractivity contribution in [1.82, 2.24) is 4.98 Å². The van der Waals surface area contributed by atoms with Crippen molar-refractivity contribution in [3.8, 4) is 5.75 Å². The maximum absolute atomic E-state index is 6.11. The van der Waals surface area contributed by atoms with Crippen LogP contribution in [0.1, 0.15) is 39.5 Å². The summed E-state index contributed by atoms with van der Waals surface area (Å²) in [7, 11) is 0. The molecule has 0 aliphatic rings. The third-order valence-electron chi connectivity index (χ3n) is 3.97. The van der Waals surface area contributed by atoms with Crippen LogP contribution in [0.5, 0.6) is 5.75 Å². The van der Waals surface area contributed by atoms with Crippen molar-refractivity contribution in [3.05, 3.63) is 36.5 Å². The molecule has 1 aromatic heterocycles. The number of benzene rings is 1. The summed E-state index contributed by atoms with van der Waals surface area (Å²) in [5.74, 6) is 0.915. The Balaban J connectivity index is 2.11. The van der Waals surface area contributed by atoms with Gasteiger partial charge in [0.05, 0.1) is 12.1 Å². The lowest BCUT2D eigenvalue weighted by Gasteiger charge is -2.31. The zero-order chi connectivity index (χ0) is 15.1. The van der Waals surface area contributed by atoms with E-state index in [2.05, 4.69) is 46.9 Å². The summed E-state index contributed by atoms with van der Waals surface area (Å²) >= 11 is 3.70. The number of hydrogen-bond donors (Lipinski definition) is 0. The Labute approximate surface area is 136 Å². The molecule has 0 fully saturated rings. The normalized spacial score (nSPS) is 11.8. The summed E-state index contributed by atoms with van der Waals surface area (Å²) < 4.78 is 6.11. The van der Waals surface area contributed by atoms with Crippen molar-refractivity contribution in [2.24, 2.45) is 5.41 Å². The Morgan fingerprint density at radius 1 is 1.14 bits per heavy atom. The lowest BCUT2D eigenvalue weighted by atomic mass is 9.82. The summed E-state index contributed by atoms with van der Waals surface area (Å²) in [5.41, 5.74) is 1.23. The molecule has 2 nitrogen and oxygen atoms in total. The molecule has 0 spiro atoms. The van der Waals surface area contributed by atoms with Crippen LogP contribution in [0.3, 0.4) is 0 Å². The van der Waals surface area contributed by atoms with Crippen molar-refractivity contribution in [3.63, 3.8) is 0 Å². The first-order valence-electron chi connectivity index (χ1n) is 7.76. The van der Waals surface area contributed by atoms with Crippen LogP contribution >= 0.6 is 15.9 Å². The van der Waals surface area contributed by atoms with Gasteiger partial charge in [-0.3, -0.25) is 4.98 Å². The van der Waals surface area contributed by atoms with Crippen molar-refractivity contribution in [1.29, 1.82) is 0 Å². The van der Waals surface area contributed by atoms with Gasteiger partial charge in [-0.2, -0.15) is 0 Å². The molecule has 0 saturated carbocycles. The Morgan fingerprint density at radius 2 is 1.90 bits per heavy atom. The average Bonchev–Trinajstić information content (AvgIpc) is 2.53. The summed E-state index contributed by atoms with van der Waals surface area (Å²) in [5, 5.41) is 2.15. The number of fused-ring (bicyclic) bond motifs is 1. The topological polar surface area (TPSA) is 22.1 Å². The molecule has 0 saturated heterocycles. The van der Waals surface area contributed by atoms with E-state index >= 15 is 0 Å². The van der Waals surface area contributed by atoms with E-state index in [1.807, 2.05) is 24.4 Å².